The smallest absolute Gasteiger partial charge is 0.160 e. The predicted molar refractivity (Wildman–Crippen MR) is 67.3 cm³/mol. The highest BCUT2D eigenvalue weighted by Crippen LogP contribution is 2.32. The zero-order chi connectivity index (χ0) is 11.7. The van der Waals surface area contributed by atoms with Gasteiger partial charge in [0, 0.05) is 12.6 Å². The second kappa shape index (κ2) is 4.17. The molecule has 0 aliphatic carbocycles. The summed E-state index contributed by atoms with van der Waals surface area (Å²) in [5.74, 6) is 1.32. The predicted octanol–water partition coefficient (Wildman–Crippen LogP) is 2.44. The highest BCUT2D eigenvalue weighted by molar-refractivity contribution is 9.10. The van der Waals surface area contributed by atoms with Crippen LogP contribution in [0.4, 0.5) is 5.82 Å². The Labute approximate surface area is 102 Å². The Balaban J connectivity index is 2.50. The monoisotopic (exact) mass is 281 g/mol. The second-order valence-corrected chi connectivity index (χ2v) is 4.19. The molecule has 2 N–H and O–H groups in total. The number of aryl methyl sites for hydroxylation is 1. The van der Waals surface area contributed by atoms with E-state index in [1.54, 1.807) is 11.8 Å². The standard InChI is InChI=1S/C11H12BrN3O/c1-15-10(9(12)11(13)14-15)7-3-5-8(16-2)6-4-7/h3-6H,1-2H3,(H2,13,14). The fourth-order valence-electron chi connectivity index (χ4n) is 1.58. The Hall–Kier alpha value is -1.49. The number of ether oxygens (including phenoxy) is 1. The van der Waals surface area contributed by atoms with Crippen molar-refractivity contribution >= 4 is 21.7 Å². The van der Waals surface area contributed by atoms with Crippen molar-refractivity contribution in [2.24, 2.45) is 7.05 Å². The van der Waals surface area contributed by atoms with Crippen molar-refractivity contribution in [1.82, 2.24) is 9.78 Å². The van der Waals surface area contributed by atoms with Crippen LogP contribution in [0.1, 0.15) is 0 Å². The number of nitrogen functional groups attached to an aromatic ring is 1. The van der Waals surface area contributed by atoms with E-state index in [9.17, 15) is 0 Å². The third-order valence-corrected chi connectivity index (χ3v) is 3.16. The first-order valence-electron chi connectivity index (χ1n) is 4.76. The number of nitrogens with zero attached hydrogens (tertiary/aromatic N) is 2. The van der Waals surface area contributed by atoms with Gasteiger partial charge in [0.1, 0.15) is 5.75 Å². The van der Waals surface area contributed by atoms with Crippen molar-refractivity contribution in [3.63, 3.8) is 0 Å². The Bertz CT molecular complexity index is 505. The summed E-state index contributed by atoms with van der Waals surface area (Å²) in [6, 6.07) is 7.76. The van der Waals surface area contributed by atoms with Crippen LogP contribution < -0.4 is 10.5 Å². The van der Waals surface area contributed by atoms with E-state index in [1.165, 1.54) is 0 Å². The normalized spacial score (nSPS) is 10.4. The minimum atomic E-state index is 0.494. The van der Waals surface area contributed by atoms with Gasteiger partial charge in [0.05, 0.1) is 17.3 Å². The Morgan fingerprint density at radius 2 is 1.94 bits per heavy atom. The van der Waals surface area contributed by atoms with E-state index < -0.39 is 0 Å². The number of hydrogen-bond acceptors (Lipinski definition) is 3. The van der Waals surface area contributed by atoms with E-state index >= 15 is 0 Å². The summed E-state index contributed by atoms with van der Waals surface area (Å²) < 4.78 is 7.68. The number of benzene rings is 1. The molecule has 0 fully saturated rings. The Morgan fingerprint density at radius 3 is 2.38 bits per heavy atom. The first-order valence-corrected chi connectivity index (χ1v) is 5.55. The Morgan fingerprint density at radius 1 is 1.31 bits per heavy atom. The maximum atomic E-state index is 5.73. The van der Waals surface area contributed by atoms with Crippen molar-refractivity contribution in [3.8, 4) is 17.0 Å². The molecule has 0 saturated carbocycles. The summed E-state index contributed by atoms with van der Waals surface area (Å²) in [7, 11) is 3.51. The van der Waals surface area contributed by atoms with Crippen LogP contribution in [0.2, 0.25) is 0 Å². The molecule has 16 heavy (non-hydrogen) atoms. The number of nitrogens with two attached hydrogens (primary N) is 1. The molecule has 84 valence electrons. The van der Waals surface area contributed by atoms with Crippen molar-refractivity contribution in [3.05, 3.63) is 28.7 Å². The molecule has 0 bridgehead atoms. The van der Waals surface area contributed by atoms with E-state index in [4.69, 9.17) is 10.5 Å². The topological polar surface area (TPSA) is 53.1 Å². The molecular formula is C11H12BrN3O. The van der Waals surface area contributed by atoms with Gasteiger partial charge in [0.2, 0.25) is 0 Å². The molecule has 0 spiro atoms. The molecule has 0 aliphatic rings. The minimum absolute atomic E-state index is 0.494. The van der Waals surface area contributed by atoms with Gasteiger partial charge in [-0.25, -0.2) is 0 Å². The molecule has 2 rings (SSSR count). The highest BCUT2D eigenvalue weighted by atomic mass is 79.9. The van der Waals surface area contributed by atoms with Crippen molar-refractivity contribution in [2.75, 3.05) is 12.8 Å². The fourth-order valence-corrected chi connectivity index (χ4v) is 2.15. The van der Waals surface area contributed by atoms with Gasteiger partial charge in [0.25, 0.3) is 0 Å². The molecule has 0 unspecified atom stereocenters. The SMILES string of the molecule is COc1ccc(-c2c(Br)c(N)nn2C)cc1. The summed E-state index contributed by atoms with van der Waals surface area (Å²) in [5.41, 5.74) is 7.73. The van der Waals surface area contributed by atoms with Crippen LogP contribution >= 0.6 is 15.9 Å². The van der Waals surface area contributed by atoms with Gasteiger partial charge in [0.15, 0.2) is 5.82 Å². The quantitative estimate of drug-likeness (QED) is 0.920. The average molecular weight is 282 g/mol. The third kappa shape index (κ3) is 1.78. The number of hydrogen-bond donors (Lipinski definition) is 1. The molecule has 1 heterocycles. The number of anilines is 1. The molecule has 1 aromatic carbocycles. The molecule has 2 aromatic rings. The van der Waals surface area contributed by atoms with Crippen LogP contribution in [0.15, 0.2) is 28.7 Å². The number of methoxy groups -OCH3 is 1. The van der Waals surface area contributed by atoms with Crippen LogP contribution in [0.5, 0.6) is 5.75 Å². The fraction of sp³-hybridized carbons (Fsp3) is 0.182. The Kier molecular flexibility index (Phi) is 2.87. The zero-order valence-corrected chi connectivity index (χ0v) is 10.7. The van der Waals surface area contributed by atoms with Crippen LogP contribution in [-0.4, -0.2) is 16.9 Å². The molecule has 0 radical (unpaired) electrons. The summed E-state index contributed by atoms with van der Waals surface area (Å²) in [6.45, 7) is 0. The maximum Gasteiger partial charge on any atom is 0.160 e. The van der Waals surface area contributed by atoms with Gasteiger partial charge in [-0.15, -0.1) is 0 Å². The van der Waals surface area contributed by atoms with Crippen LogP contribution in [0.25, 0.3) is 11.3 Å². The van der Waals surface area contributed by atoms with Gasteiger partial charge in [-0.05, 0) is 40.2 Å². The minimum Gasteiger partial charge on any atom is -0.497 e. The lowest BCUT2D eigenvalue weighted by Gasteiger charge is -2.04. The van der Waals surface area contributed by atoms with Crippen molar-refractivity contribution < 1.29 is 4.74 Å². The molecule has 0 amide bonds. The van der Waals surface area contributed by atoms with Gasteiger partial charge in [-0.2, -0.15) is 5.10 Å². The van der Waals surface area contributed by atoms with Gasteiger partial charge in [-0.1, -0.05) is 0 Å². The van der Waals surface area contributed by atoms with E-state index in [1.807, 2.05) is 31.3 Å². The molecule has 0 saturated heterocycles. The lowest BCUT2D eigenvalue weighted by Crippen LogP contribution is -1.94. The molecule has 0 atom stereocenters. The third-order valence-electron chi connectivity index (χ3n) is 2.38. The summed E-state index contributed by atoms with van der Waals surface area (Å²) in [5, 5.41) is 4.15. The van der Waals surface area contributed by atoms with E-state index in [-0.39, 0.29) is 0 Å². The number of halogens is 1. The molecule has 5 heteroatoms. The zero-order valence-electron chi connectivity index (χ0n) is 9.07. The van der Waals surface area contributed by atoms with Crippen LogP contribution in [-0.2, 0) is 7.05 Å². The van der Waals surface area contributed by atoms with Gasteiger partial charge in [-0.3, -0.25) is 4.68 Å². The lowest BCUT2D eigenvalue weighted by molar-refractivity contribution is 0.415. The summed E-state index contributed by atoms with van der Waals surface area (Å²) >= 11 is 3.43. The maximum absolute atomic E-state index is 5.73. The van der Waals surface area contributed by atoms with Gasteiger partial charge < -0.3 is 10.5 Å². The van der Waals surface area contributed by atoms with E-state index in [0.29, 0.717) is 5.82 Å². The first-order chi connectivity index (χ1) is 7.63. The molecular weight excluding hydrogens is 270 g/mol. The number of aromatic nitrogens is 2. The van der Waals surface area contributed by atoms with Crippen molar-refractivity contribution in [2.45, 2.75) is 0 Å². The van der Waals surface area contributed by atoms with Gasteiger partial charge >= 0.3 is 0 Å². The summed E-state index contributed by atoms with van der Waals surface area (Å²) in [4.78, 5) is 0. The van der Waals surface area contributed by atoms with Crippen LogP contribution in [0, 0.1) is 0 Å². The largest absolute Gasteiger partial charge is 0.497 e. The van der Waals surface area contributed by atoms with Crippen molar-refractivity contribution in [1.29, 1.82) is 0 Å². The molecule has 0 aliphatic heterocycles. The van der Waals surface area contributed by atoms with E-state index in [2.05, 4.69) is 21.0 Å². The van der Waals surface area contributed by atoms with E-state index in [0.717, 1.165) is 21.5 Å². The average Bonchev–Trinajstić information content (AvgIpc) is 2.54. The summed E-state index contributed by atoms with van der Waals surface area (Å²) in [6.07, 6.45) is 0. The first kappa shape index (κ1) is 11.0. The molecule has 1 aromatic heterocycles. The molecule has 4 nitrogen and oxygen atoms in total. The lowest BCUT2D eigenvalue weighted by atomic mass is 10.1. The number of rotatable bonds is 2. The second-order valence-electron chi connectivity index (χ2n) is 3.40. The highest BCUT2D eigenvalue weighted by Gasteiger charge is 2.12. The van der Waals surface area contributed by atoms with Crippen LogP contribution in [0.3, 0.4) is 0 Å².